The fourth-order valence-corrected chi connectivity index (χ4v) is 1.71. The molecule has 1 aromatic carbocycles. The van der Waals surface area contributed by atoms with Gasteiger partial charge in [-0.3, -0.25) is 10.1 Å². The van der Waals surface area contributed by atoms with Gasteiger partial charge in [-0.25, -0.2) is 8.42 Å². The molecule has 0 fully saturated rings. The molecule has 1 aromatic rings. The molecule has 0 bridgehead atoms. The second kappa shape index (κ2) is 3.89. The molecular weight excluding hydrogens is 238 g/mol. The lowest BCUT2D eigenvalue weighted by Crippen LogP contribution is -2.23. The maximum Gasteiger partial charge on any atom is 0.279 e. The van der Waals surface area contributed by atoms with Gasteiger partial charge in [0.2, 0.25) is 0 Å². The molecule has 1 rings (SSSR count). The van der Waals surface area contributed by atoms with E-state index in [4.69, 9.17) is 0 Å². The number of hydrogen-bond donors (Lipinski definition) is 0. The first-order chi connectivity index (χ1) is 7.23. The van der Waals surface area contributed by atoms with Crippen molar-refractivity contribution in [3.8, 4) is 0 Å². The van der Waals surface area contributed by atoms with Crippen molar-refractivity contribution in [1.82, 2.24) is 0 Å². The van der Waals surface area contributed by atoms with E-state index in [1.54, 1.807) is 0 Å². The summed E-state index contributed by atoms with van der Waals surface area (Å²) in [6, 6.07) is 2.51. The molecule has 0 N–H and O–H groups in total. The van der Waals surface area contributed by atoms with Crippen molar-refractivity contribution in [1.29, 1.82) is 0 Å². The third kappa shape index (κ3) is 2.34. The molecule has 0 spiro atoms. The number of carboxylic acids is 1. The van der Waals surface area contributed by atoms with Gasteiger partial charge < -0.3 is 9.90 Å². The van der Waals surface area contributed by atoms with Gasteiger partial charge in [-0.15, -0.1) is 0 Å². The van der Waals surface area contributed by atoms with Crippen molar-refractivity contribution in [2.45, 2.75) is 4.90 Å². The summed E-state index contributed by atoms with van der Waals surface area (Å²) in [5.74, 6) is -1.73. The quantitative estimate of drug-likeness (QED) is 0.515. The van der Waals surface area contributed by atoms with E-state index in [9.17, 15) is 28.4 Å². The number of benzene rings is 1. The van der Waals surface area contributed by atoms with Gasteiger partial charge in [0.15, 0.2) is 9.84 Å². The molecule has 0 radical (unpaired) electrons. The Kier molecular flexibility index (Phi) is 2.95. The molecule has 0 aliphatic rings. The van der Waals surface area contributed by atoms with Gasteiger partial charge in [0, 0.05) is 12.3 Å². The monoisotopic (exact) mass is 244 g/mol. The molecule has 8 heteroatoms. The van der Waals surface area contributed by atoms with Crippen molar-refractivity contribution in [3.63, 3.8) is 0 Å². The number of hydrogen-bond acceptors (Lipinski definition) is 6. The Hall–Kier alpha value is -1.96. The molecule has 86 valence electrons. The Morgan fingerprint density at radius 2 is 1.94 bits per heavy atom. The Labute approximate surface area is 90.4 Å². The lowest BCUT2D eigenvalue weighted by atomic mass is 10.2. The van der Waals surface area contributed by atoms with E-state index in [2.05, 4.69) is 0 Å². The largest absolute Gasteiger partial charge is 0.545 e. The zero-order valence-corrected chi connectivity index (χ0v) is 8.85. The number of nitro groups is 1. The Bertz CT molecular complexity index is 562. The van der Waals surface area contributed by atoms with E-state index in [0.29, 0.717) is 6.07 Å². The van der Waals surface area contributed by atoms with Crippen LogP contribution in [0.4, 0.5) is 5.69 Å². The predicted molar refractivity (Wildman–Crippen MR) is 50.5 cm³/mol. The van der Waals surface area contributed by atoms with Crippen LogP contribution >= 0.6 is 0 Å². The predicted octanol–water partition coefficient (Wildman–Crippen LogP) is -0.638. The van der Waals surface area contributed by atoms with Crippen molar-refractivity contribution in [2.75, 3.05) is 6.26 Å². The summed E-state index contributed by atoms with van der Waals surface area (Å²) < 4.78 is 22.2. The zero-order chi connectivity index (χ0) is 12.5. The van der Waals surface area contributed by atoms with Crippen molar-refractivity contribution < 1.29 is 23.2 Å². The van der Waals surface area contributed by atoms with Crippen LogP contribution in [0.25, 0.3) is 0 Å². The van der Waals surface area contributed by atoms with E-state index in [1.165, 1.54) is 0 Å². The third-order valence-corrected chi connectivity index (χ3v) is 2.92. The van der Waals surface area contributed by atoms with Gasteiger partial charge in [0.05, 0.1) is 21.4 Å². The summed E-state index contributed by atoms with van der Waals surface area (Å²) in [4.78, 5) is 19.8. The number of rotatable bonds is 3. The highest BCUT2D eigenvalue weighted by molar-refractivity contribution is 7.90. The number of aromatic carboxylic acids is 1. The van der Waals surface area contributed by atoms with Gasteiger partial charge >= 0.3 is 0 Å². The number of nitro benzene ring substituents is 1. The average molecular weight is 244 g/mol. The molecule has 16 heavy (non-hydrogen) atoms. The SMILES string of the molecule is CS(=O)(=O)c1ccc(C(=O)[O-])c([N+](=O)[O-])c1. The van der Waals surface area contributed by atoms with Crippen LogP contribution in [0, 0.1) is 10.1 Å². The van der Waals surface area contributed by atoms with Crippen LogP contribution < -0.4 is 5.11 Å². The maximum atomic E-state index is 11.1. The van der Waals surface area contributed by atoms with Crippen LogP contribution in [0.15, 0.2) is 23.1 Å². The van der Waals surface area contributed by atoms with Gasteiger partial charge in [-0.05, 0) is 12.1 Å². The lowest BCUT2D eigenvalue weighted by Gasteiger charge is -2.05. The summed E-state index contributed by atoms with van der Waals surface area (Å²) in [6.45, 7) is 0. The van der Waals surface area contributed by atoms with Gasteiger partial charge in [-0.2, -0.15) is 0 Å². The van der Waals surface area contributed by atoms with Crippen LogP contribution in [0.5, 0.6) is 0 Å². The van der Waals surface area contributed by atoms with Crippen molar-refractivity contribution in [2.24, 2.45) is 0 Å². The summed E-state index contributed by atoms with van der Waals surface area (Å²) in [7, 11) is -3.62. The minimum atomic E-state index is -3.62. The zero-order valence-electron chi connectivity index (χ0n) is 8.04. The first-order valence-electron chi connectivity index (χ1n) is 3.93. The molecule has 0 aliphatic carbocycles. The first-order valence-corrected chi connectivity index (χ1v) is 5.82. The van der Waals surface area contributed by atoms with Gasteiger partial charge in [0.1, 0.15) is 0 Å². The van der Waals surface area contributed by atoms with Crippen LogP contribution in [-0.4, -0.2) is 25.6 Å². The highest BCUT2D eigenvalue weighted by Gasteiger charge is 2.18. The minimum Gasteiger partial charge on any atom is -0.545 e. The molecule has 7 nitrogen and oxygen atoms in total. The smallest absolute Gasteiger partial charge is 0.279 e. The van der Waals surface area contributed by atoms with Gasteiger partial charge in [-0.1, -0.05) is 0 Å². The molecule has 0 aliphatic heterocycles. The third-order valence-electron chi connectivity index (χ3n) is 1.81. The summed E-state index contributed by atoms with van der Waals surface area (Å²) in [5, 5.41) is 21.0. The van der Waals surface area contributed by atoms with Crippen LogP contribution in [-0.2, 0) is 9.84 Å². The van der Waals surface area contributed by atoms with Crippen LogP contribution in [0.3, 0.4) is 0 Å². The Balaban J connectivity index is 3.52. The molecule has 0 heterocycles. The molecule has 0 amide bonds. The molecule has 0 saturated carbocycles. The average Bonchev–Trinajstić information content (AvgIpc) is 2.15. The number of carbonyl (C=O) groups is 1. The topological polar surface area (TPSA) is 117 Å². The number of carbonyl (C=O) groups excluding carboxylic acids is 1. The fourth-order valence-electron chi connectivity index (χ4n) is 1.07. The first kappa shape index (κ1) is 12.1. The second-order valence-corrected chi connectivity index (χ2v) is 5.01. The molecular formula is C8H6NO6S-. The highest BCUT2D eigenvalue weighted by atomic mass is 32.2. The van der Waals surface area contributed by atoms with E-state index in [1.807, 2.05) is 0 Å². The molecule has 0 unspecified atom stereocenters. The summed E-state index contributed by atoms with van der Waals surface area (Å²) in [6.07, 6.45) is 0.866. The summed E-state index contributed by atoms with van der Waals surface area (Å²) in [5.41, 5.74) is -1.46. The van der Waals surface area contributed by atoms with Crippen molar-refractivity contribution in [3.05, 3.63) is 33.9 Å². The number of sulfone groups is 1. The second-order valence-electron chi connectivity index (χ2n) is 3.00. The standard InChI is InChI=1S/C8H7NO6S/c1-16(14,15)5-2-3-6(8(10)11)7(4-5)9(12)13/h2-4H,1H3,(H,10,11)/p-1. The number of nitrogens with zero attached hydrogens (tertiary/aromatic N) is 1. The van der Waals surface area contributed by atoms with Crippen molar-refractivity contribution >= 4 is 21.5 Å². The molecule has 0 atom stereocenters. The Morgan fingerprint density at radius 1 is 1.38 bits per heavy atom. The molecule has 0 aromatic heterocycles. The van der Waals surface area contributed by atoms with Crippen LogP contribution in [0.1, 0.15) is 10.4 Å². The normalized spacial score (nSPS) is 11.1. The summed E-state index contributed by atoms with van der Waals surface area (Å²) >= 11 is 0. The molecule has 0 saturated heterocycles. The minimum absolute atomic E-state index is 0.316. The number of carboxylic acid groups (broad SMARTS) is 1. The van der Waals surface area contributed by atoms with Gasteiger partial charge in [0.25, 0.3) is 5.69 Å². The lowest BCUT2D eigenvalue weighted by molar-refractivity contribution is -0.386. The van der Waals surface area contributed by atoms with E-state index in [-0.39, 0.29) is 4.90 Å². The maximum absolute atomic E-state index is 11.1. The van der Waals surface area contributed by atoms with E-state index in [0.717, 1.165) is 18.4 Å². The van der Waals surface area contributed by atoms with E-state index < -0.39 is 32.0 Å². The fraction of sp³-hybridized carbons (Fsp3) is 0.125. The van der Waals surface area contributed by atoms with E-state index >= 15 is 0 Å². The van der Waals surface area contributed by atoms with Crippen LogP contribution in [0.2, 0.25) is 0 Å². The Morgan fingerprint density at radius 3 is 2.31 bits per heavy atom. The highest BCUT2D eigenvalue weighted by Crippen LogP contribution is 2.22.